The zero-order valence-electron chi connectivity index (χ0n) is 15.5. The van der Waals surface area contributed by atoms with Crippen molar-refractivity contribution in [3.05, 3.63) is 11.9 Å². The molecule has 1 aliphatic rings. The van der Waals surface area contributed by atoms with Crippen molar-refractivity contribution < 1.29 is 40.2 Å². The number of allylic oxidation sites excluding steroid dienone is 1. The number of alkyl halides is 8. The summed E-state index contributed by atoms with van der Waals surface area (Å²) >= 11 is 0. The first-order valence-electron chi connectivity index (χ1n) is 8.46. The van der Waals surface area contributed by atoms with Gasteiger partial charge in [-0.3, -0.25) is 0 Å². The molecule has 2 radical (unpaired) electrons. The van der Waals surface area contributed by atoms with Gasteiger partial charge in [-0.25, -0.2) is 8.78 Å². The third-order valence-corrected chi connectivity index (χ3v) is 4.28. The summed E-state index contributed by atoms with van der Waals surface area (Å²) in [5.41, 5.74) is -3.30. The molecule has 3 atom stereocenters. The molecule has 0 amide bonds. The van der Waals surface area contributed by atoms with E-state index < -0.39 is 66.4 Å². The number of halogens is 8. The fraction of sp³-hybridized carbons (Fsp3) is 0.667. The predicted molar refractivity (Wildman–Crippen MR) is 91.0 cm³/mol. The largest absolute Gasteiger partial charge is 0.408 e. The molecule has 1 aromatic rings. The van der Waals surface area contributed by atoms with Crippen LogP contribution in [0, 0.1) is 0 Å². The van der Waals surface area contributed by atoms with E-state index in [0.717, 1.165) is 0 Å². The van der Waals surface area contributed by atoms with Crippen LogP contribution in [0.5, 0.6) is 0 Å². The van der Waals surface area contributed by atoms with Gasteiger partial charge in [0.25, 0.3) is 5.92 Å². The van der Waals surface area contributed by atoms with Crippen LogP contribution in [0.2, 0.25) is 0 Å². The number of hydrogen-bond donors (Lipinski definition) is 3. The molecule has 15 heteroatoms. The van der Waals surface area contributed by atoms with Crippen LogP contribution in [0.3, 0.4) is 0 Å². The van der Waals surface area contributed by atoms with E-state index in [2.05, 4.69) is 15.0 Å². The second-order valence-corrected chi connectivity index (χ2v) is 6.82. The second-order valence-electron chi connectivity index (χ2n) is 6.82. The summed E-state index contributed by atoms with van der Waals surface area (Å²) in [5.74, 6) is -5.72. The van der Waals surface area contributed by atoms with Crippen LogP contribution in [-0.4, -0.2) is 63.8 Å². The van der Waals surface area contributed by atoms with Crippen molar-refractivity contribution in [2.24, 2.45) is 0 Å². The normalized spacial score (nSPS) is 24.0. The van der Waals surface area contributed by atoms with Crippen molar-refractivity contribution in [1.29, 1.82) is 0 Å². The molecule has 0 bridgehead atoms. The van der Waals surface area contributed by atoms with Crippen molar-refractivity contribution in [3.63, 3.8) is 0 Å². The van der Waals surface area contributed by atoms with E-state index in [4.69, 9.17) is 7.85 Å². The molecule has 6 nitrogen and oxygen atoms in total. The number of hydrogen-bond acceptors (Lipinski definition) is 6. The summed E-state index contributed by atoms with van der Waals surface area (Å²) in [6, 6.07) is -4.37. The lowest BCUT2D eigenvalue weighted by molar-refractivity contribution is -0.139. The van der Waals surface area contributed by atoms with Gasteiger partial charge >= 0.3 is 12.4 Å². The zero-order valence-corrected chi connectivity index (χ0v) is 15.5. The summed E-state index contributed by atoms with van der Waals surface area (Å²) < 4.78 is 104. The third-order valence-electron chi connectivity index (χ3n) is 4.28. The Hall–Kier alpha value is -2.19. The average molecular weight is 445 g/mol. The Morgan fingerprint density at radius 1 is 0.967 bits per heavy atom. The molecule has 1 unspecified atom stereocenters. The van der Waals surface area contributed by atoms with Crippen LogP contribution in [0.25, 0.3) is 5.57 Å². The topological polar surface area (TPSA) is 83.0 Å². The first kappa shape index (κ1) is 24.1. The molecule has 1 aliphatic carbocycles. The first-order valence-corrected chi connectivity index (χ1v) is 8.46. The number of nitrogens with zero attached hydrogens (tertiary/aromatic N) is 3. The number of aliphatic hydroxyl groups is 1. The van der Waals surface area contributed by atoms with Crippen molar-refractivity contribution in [2.45, 2.75) is 62.5 Å². The molecule has 1 aromatic heterocycles. The molecule has 30 heavy (non-hydrogen) atoms. The van der Waals surface area contributed by atoms with Crippen LogP contribution in [0.15, 0.2) is 6.08 Å². The Bertz CT molecular complexity index is 771. The Labute approximate surface area is 166 Å². The molecule has 2 rings (SSSR count). The molecule has 0 saturated carbocycles. The Balaban J connectivity index is 2.47. The minimum Gasteiger partial charge on any atom is -0.390 e. The Kier molecular flexibility index (Phi) is 6.28. The number of aromatic nitrogens is 3. The molecule has 0 aromatic carbocycles. The van der Waals surface area contributed by atoms with Gasteiger partial charge in [-0.05, 0) is 31.9 Å². The van der Waals surface area contributed by atoms with Gasteiger partial charge in [0.15, 0.2) is 5.82 Å². The molecule has 3 N–H and O–H groups in total. The highest BCUT2D eigenvalue weighted by Gasteiger charge is 2.49. The van der Waals surface area contributed by atoms with Gasteiger partial charge in [-0.1, -0.05) is 0 Å². The van der Waals surface area contributed by atoms with Crippen molar-refractivity contribution in [2.75, 3.05) is 10.6 Å². The van der Waals surface area contributed by atoms with Gasteiger partial charge < -0.3 is 15.7 Å². The summed E-state index contributed by atoms with van der Waals surface area (Å²) in [7, 11) is 5.16. The van der Waals surface area contributed by atoms with E-state index in [-0.39, 0.29) is 5.57 Å². The van der Waals surface area contributed by atoms with E-state index in [1.165, 1.54) is 0 Å². The molecule has 1 heterocycles. The zero-order chi connectivity index (χ0) is 23.1. The number of rotatable bonds is 5. The Morgan fingerprint density at radius 3 is 1.77 bits per heavy atom. The van der Waals surface area contributed by atoms with Gasteiger partial charge in [-0.2, -0.15) is 41.3 Å². The van der Waals surface area contributed by atoms with E-state index >= 15 is 0 Å². The van der Waals surface area contributed by atoms with Gasteiger partial charge in [0.1, 0.15) is 25.4 Å². The van der Waals surface area contributed by atoms with E-state index in [9.17, 15) is 40.2 Å². The highest BCUT2D eigenvalue weighted by molar-refractivity contribution is 6.17. The molecule has 0 fully saturated rings. The van der Waals surface area contributed by atoms with Gasteiger partial charge in [-0.15, -0.1) is 0 Å². The van der Waals surface area contributed by atoms with Gasteiger partial charge in [0, 0.05) is 6.42 Å². The fourth-order valence-corrected chi connectivity index (χ4v) is 2.31. The summed E-state index contributed by atoms with van der Waals surface area (Å²) in [6.07, 6.45) is -10.3. The summed E-state index contributed by atoms with van der Waals surface area (Å²) in [6.45, 7) is 1.43. The molecule has 0 saturated heterocycles. The maximum Gasteiger partial charge on any atom is 0.408 e. The molecular weight excluding hydrogens is 429 g/mol. The summed E-state index contributed by atoms with van der Waals surface area (Å²) in [5, 5.41) is 13.5. The van der Waals surface area contributed by atoms with E-state index in [1.54, 1.807) is 0 Å². The minimum atomic E-state index is -4.73. The second kappa shape index (κ2) is 7.82. The lowest BCUT2D eigenvalue weighted by Crippen LogP contribution is -2.49. The summed E-state index contributed by atoms with van der Waals surface area (Å²) in [4.78, 5) is 10.8. The maximum atomic E-state index is 13.7. The van der Waals surface area contributed by atoms with Crippen molar-refractivity contribution >= 4 is 25.3 Å². The minimum absolute atomic E-state index is 0.196. The van der Waals surface area contributed by atoms with Crippen LogP contribution >= 0.6 is 0 Å². The highest BCUT2D eigenvalue weighted by atomic mass is 19.4. The number of nitrogens with one attached hydrogen (secondary N) is 2. The standard InChI is InChI=1S/C15H16BF8N5O/c1-6(14(19,20)21)25-10-27-9(8-3-4-13(17,18)12(16,30)5-8)28-11(29-10)26-7(2)15(22,23)24/h5-7,30H,3-4H2,1-2H3,(H2,25,26,27,28,29)/t6-,7-,12?/m1/s1. The van der Waals surface area contributed by atoms with Crippen molar-refractivity contribution in [3.8, 4) is 0 Å². The van der Waals surface area contributed by atoms with Crippen LogP contribution in [-0.2, 0) is 0 Å². The lowest BCUT2D eigenvalue weighted by Gasteiger charge is -2.35. The third kappa shape index (κ3) is 5.49. The Morgan fingerprint density at radius 2 is 1.40 bits per heavy atom. The lowest BCUT2D eigenvalue weighted by atomic mass is 9.70. The van der Waals surface area contributed by atoms with E-state index in [0.29, 0.717) is 19.9 Å². The molecular formula is C15H16BF8N5O. The van der Waals surface area contributed by atoms with Gasteiger partial charge in [0.2, 0.25) is 11.9 Å². The van der Waals surface area contributed by atoms with Crippen molar-refractivity contribution in [1.82, 2.24) is 15.0 Å². The first-order chi connectivity index (χ1) is 13.4. The maximum absolute atomic E-state index is 13.7. The fourth-order valence-electron chi connectivity index (χ4n) is 2.31. The smallest absolute Gasteiger partial charge is 0.390 e. The monoisotopic (exact) mass is 445 g/mol. The van der Waals surface area contributed by atoms with Crippen LogP contribution in [0.1, 0.15) is 32.5 Å². The quantitative estimate of drug-likeness (QED) is 0.477. The predicted octanol–water partition coefficient (Wildman–Crippen LogP) is 3.27. The van der Waals surface area contributed by atoms with Crippen LogP contribution in [0.4, 0.5) is 47.0 Å². The van der Waals surface area contributed by atoms with E-state index in [1.807, 2.05) is 10.6 Å². The number of anilines is 2. The molecule has 0 aliphatic heterocycles. The van der Waals surface area contributed by atoms with Gasteiger partial charge in [0.05, 0.1) is 0 Å². The SMILES string of the molecule is [B]C1(O)C=C(c2nc(N[C@H](C)C(F)(F)F)nc(N[C@H](C)C(F)(F)F)n2)CCC1(F)F. The molecule has 166 valence electrons. The highest BCUT2D eigenvalue weighted by Crippen LogP contribution is 2.41. The van der Waals surface area contributed by atoms with Crippen LogP contribution < -0.4 is 10.6 Å². The molecule has 0 spiro atoms. The average Bonchev–Trinajstić information content (AvgIpc) is 2.55.